The predicted molar refractivity (Wildman–Crippen MR) is 122 cm³/mol. The summed E-state index contributed by atoms with van der Waals surface area (Å²) in [5, 5.41) is 3.23. The van der Waals surface area contributed by atoms with Gasteiger partial charge in [-0.1, -0.05) is 35.4 Å². The first-order valence-electron chi connectivity index (χ1n) is 10.4. The Hall–Kier alpha value is -3.16. The molecule has 168 valence electrons. The van der Waals surface area contributed by atoms with Crippen LogP contribution in [-0.4, -0.2) is 30.3 Å². The van der Waals surface area contributed by atoms with Gasteiger partial charge >= 0.3 is 5.97 Å². The Balaban J connectivity index is 1.20. The number of nitrogens with one attached hydrogen (secondary N) is 1. The highest BCUT2D eigenvalue weighted by Crippen LogP contribution is 2.53. The molecule has 1 aliphatic heterocycles. The van der Waals surface area contributed by atoms with E-state index in [1.54, 1.807) is 12.1 Å². The van der Waals surface area contributed by atoms with Gasteiger partial charge in [0, 0.05) is 5.02 Å². The summed E-state index contributed by atoms with van der Waals surface area (Å²) in [5.41, 5.74) is 0.961. The third kappa shape index (κ3) is 3.81. The fourth-order valence-corrected chi connectivity index (χ4v) is 5.35. The molecule has 4 atom stereocenters. The minimum atomic E-state index is -0.711. The minimum absolute atomic E-state index is 0.129. The minimum Gasteiger partial charge on any atom is -0.452 e. The van der Waals surface area contributed by atoms with Crippen LogP contribution in [0.2, 0.25) is 10.0 Å². The Morgan fingerprint density at radius 2 is 1.61 bits per heavy atom. The van der Waals surface area contributed by atoms with E-state index in [-0.39, 0.29) is 46.1 Å². The summed E-state index contributed by atoms with van der Waals surface area (Å²) < 4.78 is 5.05. The van der Waals surface area contributed by atoms with Gasteiger partial charge in [-0.15, -0.1) is 0 Å². The number of halogens is 2. The Kier molecular flexibility index (Phi) is 5.46. The average Bonchev–Trinajstić information content (AvgIpc) is 3.48. The van der Waals surface area contributed by atoms with Crippen molar-refractivity contribution in [3.05, 3.63) is 70.2 Å². The van der Waals surface area contributed by atoms with Crippen molar-refractivity contribution in [2.75, 3.05) is 16.8 Å². The van der Waals surface area contributed by atoms with Crippen molar-refractivity contribution in [2.24, 2.45) is 23.7 Å². The fourth-order valence-electron chi connectivity index (χ4n) is 4.89. The van der Waals surface area contributed by atoms with Crippen molar-refractivity contribution in [2.45, 2.75) is 6.42 Å². The molecule has 1 saturated heterocycles. The van der Waals surface area contributed by atoms with E-state index in [2.05, 4.69) is 5.32 Å². The molecule has 2 aromatic rings. The van der Waals surface area contributed by atoms with Gasteiger partial charge in [0.25, 0.3) is 5.91 Å². The van der Waals surface area contributed by atoms with Crippen LogP contribution in [0.25, 0.3) is 0 Å². The number of anilines is 2. The number of ether oxygens (including phenoxy) is 1. The SMILES string of the molecule is O=C(COC(=O)c1ccc(N2C(=O)[C@@H]3[C@H](C2=O)[C@H]2C=C[C@H]3C2)cc1)Nc1ccc(Cl)cc1Cl. The molecule has 0 radical (unpaired) electrons. The Bertz CT molecular complexity index is 1180. The number of allylic oxidation sites excluding steroid dienone is 2. The highest BCUT2D eigenvalue weighted by molar-refractivity contribution is 6.36. The monoisotopic (exact) mass is 484 g/mol. The third-order valence-corrected chi connectivity index (χ3v) is 6.92. The molecule has 1 heterocycles. The Morgan fingerprint density at radius 3 is 2.21 bits per heavy atom. The van der Waals surface area contributed by atoms with E-state index in [0.717, 1.165) is 6.42 Å². The lowest BCUT2D eigenvalue weighted by molar-refractivity contribution is -0.123. The summed E-state index contributed by atoms with van der Waals surface area (Å²) >= 11 is 11.8. The zero-order valence-electron chi connectivity index (χ0n) is 17.2. The van der Waals surface area contributed by atoms with Crippen molar-refractivity contribution in [1.29, 1.82) is 0 Å². The number of fused-ring (bicyclic) bond motifs is 5. The van der Waals surface area contributed by atoms with Gasteiger partial charge in [0.1, 0.15) is 0 Å². The van der Waals surface area contributed by atoms with Gasteiger partial charge in [-0.2, -0.15) is 0 Å². The molecule has 3 amide bonds. The number of rotatable bonds is 5. The average molecular weight is 485 g/mol. The van der Waals surface area contributed by atoms with Gasteiger partial charge in [0.2, 0.25) is 11.8 Å². The van der Waals surface area contributed by atoms with Crippen LogP contribution in [0.15, 0.2) is 54.6 Å². The van der Waals surface area contributed by atoms with Crippen LogP contribution in [0.5, 0.6) is 0 Å². The number of carbonyl (C=O) groups excluding carboxylic acids is 4. The summed E-state index contributed by atoms with van der Waals surface area (Å²) in [6, 6.07) is 10.6. The van der Waals surface area contributed by atoms with Crippen LogP contribution in [0.4, 0.5) is 11.4 Å². The van der Waals surface area contributed by atoms with Crippen molar-refractivity contribution < 1.29 is 23.9 Å². The third-order valence-electron chi connectivity index (χ3n) is 6.37. The second-order valence-electron chi connectivity index (χ2n) is 8.31. The molecule has 2 aliphatic carbocycles. The predicted octanol–water partition coefficient (Wildman–Crippen LogP) is 4.10. The van der Waals surface area contributed by atoms with Crippen LogP contribution >= 0.6 is 23.2 Å². The lowest BCUT2D eigenvalue weighted by Crippen LogP contribution is -2.32. The van der Waals surface area contributed by atoms with Crippen LogP contribution in [-0.2, 0) is 19.1 Å². The first-order valence-corrected chi connectivity index (χ1v) is 11.2. The molecule has 2 bridgehead atoms. The van der Waals surface area contributed by atoms with Gasteiger partial charge in [-0.25, -0.2) is 4.79 Å². The number of nitrogens with zero attached hydrogens (tertiary/aromatic N) is 1. The van der Waals surface area contributed by atoms with E-state index in [9.17, 15) is 19.2 Å². The second-order valence-corrected chi connectivity index (χ2v) is 9.15. The van der Waals surface area contributed by atoms with Gasteiger partial charge in [0.15, 0.2) is 6.61 Å². The van der Waals surface area contributed by atoms with Gasteiger partial charge < -0.3 is 10.1 Å². The quantitative estimate of drug-likeness (QED) is 0.391. The Morgan fingerprint density at radius 1 is 0.970 bits per heavy atom. The van der Waals surface area contributed by atoms with Crippen LogP contribution < -0.4 is 10.2 Å². The number of carbonyl (C=O) groups is 4. The number of hydrogen-bond acceptors (Lipinski definition) is 5. The maximum Gasteiger partial charge on any atom is 0.338 e. The zero-order valence-corrected chi connectivity index (χ0v) is 18.7. The summed E-state index contributed by atoms with van der Waals surface area (Å²) in [6.45, 7) is -0.512. The molecule has 1 N–H and O–H groups in total. The Labute approximate surface area is 199 Å². The lowest BCUT2D eigenvalue weighted by atomic mass is 9.85. The highest BCUT2D eigenvalue weighted by atomic mass is 35.5. The van der Waals surface area contributed by atoms with E-state index in [0.29, 0.717) is 16.4 Å². The molecule has 9 heteroatoms. The summed E-state index contributed by atoms with van der Waals surface area (Å²) in [6.07, 6.45) is 4.94. The van der Waals surface area contributed by atoms with E-state index < -0.39 is 18.5 Å². The summed E-state index contributed by atoms with van der Waals surface area (Å²) in [5.74, 6) is -1.96. The largest absolute Gasteiger partial charge is 0.452 e. The fraction of sp³-hybridized carbons (Fsp3) is 0.250. The van der Waals surface area contributed by atoms with E-state index in [1.807, 2.05) is 12.2 Å². The van der Waals surface area contributed by atoms with Crippen molar-refractivity contribution >= 4 is 58.3 Å². The highest BCUT2D eigenvalue weighted by Gasteiger charge is 2.59. The molecular formula is C24H18Cl2N2O5. The normalized spacial score (nSPS) is 24.8. The number of benzene rings is 2. The number of esters is 1. The lowest BCUT2D eigenvalue weighted by Gasteiger charge is -2.17. The van der Waals surface area contributed by atoms with Crippen molar-refractivity contribution in [3.8, 4) is 0 Å². The first-order chi connectivity index (χ1) is 15.8. The van der Waals surface area contributed by atoms with Crippen LogP contribution in [0.1, 0.15) is 16.8 Å². The molecule has 2 fully saturated rings. The van der Waals surface area contributed by atoms with Gasteiger partial charge in [-0.05, 0) is 60.7 Å². The molecule has 5 rings (SSSR count). The molecule has 0 unspecified atom stereocenters. The number of imide groups is 1. The first kappa shape index (κ1) is 21.7. The second kappa shape index (κ2) is 8.32. The van der Waals surface area contributed by atoms with Gasteiger partial charge in [-0.3, -0.25) is 19.3 Å². The van der Waals surface area contributed by atoms with Gasteiger partial charge in [0.05, 0.1) is 33.8 Å². The van der Waals surface area contributed by atoms with Crippen LogP contribution in [0, 0.1) is 23.7 Å². The topological polar surface area (TPSA) is 92.8 Å². The maximum absolute atomic E-state index is 12.9. The molecule has 0 aromatic heterocycles. The summed E-state index contributed by atoms with van der Waals surface area (Å²) in [4.78, 5) is 51.4. The molecule has 0 spiro atoms. The summed E-state index contributed by atoms with van der Waals surface area (Å²) in [7, 11) is 0. The maximum atomic E-state index is 12.9. The molecule has 7 nitrogen and oxygen atoms in total. The van der Waals surface area contributed by atoms with E-state index >= 15 is 0 Å². The molecule has 1 saturated carbocycles. The molecule has 2 aromatic carbocycles. The molecule has 3 aliphatic rings. The number of amides is 3. The molecular weight excluding hydrogens is 467 g/mol. The van der Waals surface area contributed by atoms with Crippen molar-refractivity contribution in [3.63, 3.8) is 0 Å². The van der Waals surface area contributed by atoms with E-state index in [1.165, 1.54) is 35.2 Å². The number of hydrogen-bond donors (Lipinski definition) is 1. The van der Waals surface area contributed by atoms with E-state index in [4.69, 9.17) is 27.9 Å². The molecule has 33 heavy (non-hydrogen) atoms. The van der Waals surface area contributed by atoms with Crippen LogP contribution in [0.3, 0.4) is 0 Å². The van der Waals surface area contributed by atoms with Crippen molar-refractivity contribution in [1.82, 2.24) is 0 Å². The smallest absolute Gasteiger partial charge is 0.338 e. The standard InChI is InChI=1S/C24H18Cl2N2O5/c25-15-5-8-18(17(26)10-15)27-19(29)11-33-24(32)12-3-6-16(7-4-12)28-22(30)20-13-1-2-14(9-13)21(20)23(28)31/h1-8,10,13-14,20-21H,9,11H2,(H,27,29)/t13-,14-,20-,21+/m0/s1. The zero-order chi connectivity index (χ0) is 23.3.